The lowest BCUT2D eigenvalue weighted by Crippen LogP contribution is -1.81. The molecule has 0 atom stereocenters. The molecule has 0 bridgehead atoms. The van der Waals surface area contributed by atoms with Crippen molar-refractivity contribution in [3.63, 3.8) is 0 Å². The van der Waals surface area contributed by atoms with Crippen LogP contribution in [0.15, 0.2) is 30.1 Å². The number of benzene rings is 1. The zero-order chi connectivity index (χ0) is 8.97. The molecule has 2 heteroatoms. The molecule has 1 aromatic carbocycles. The van der Waals surface area contributed by atoms with Gasteiger partial charge in [-0.15, -0.1) is 0 Å². The van der Waals surface area contributed by atoms with Crippen molar-refractivity contribution < 1.29 is 9.13 Å². The van der Waals surface area contributed by atoms with Crippen LogP contribution in [0, 0.1) is 6.92 Å². The number of halogens is 1. The highest BCUT2D eigenvalue weighted by atomic mass is 19.1. The summed E-state index contributed by atoms with van der Waals surface area (Å²) in [4.78, 5) is 0. The highest BCUT2D eigenvalue weighted by Gasteiger charge is 1.91. The van der Waals surface area contributed by atoms with Gasteiger partial charge in [0.15, 0.2) is 0 Å². The first kappa shape index (κ1) is 8.78. The number of allylic oxidation sites excluding steroid dienone is 1. The molecule has 0 heterocycles. The number of rotatable bonds is 2. The maximum atomic E-state index is 12.3. The molecular weight excluding hydrogens is 155 g/mol. The lowest BCUT2D eigenvalue weighted by Gasteiger charge is -1.98. The molecule has 0 aromatic heterocycles. The number of hydrogen-bond acceptors (Lipinski definition) is 1. The Hall–Kier alpha value is -1.31. The van der Waals surface area contributed by atoms with Crippen molar-refractivity contribution in [3.8, 4) is 5.75 Å². The first-order valence-electron chi connectivity index (χ1n) is 3.55. The van der Waals surface area contributed by atoms with Crippen LogP contribution < -0.4 is 4.74 Å². The summed E-state index contributed by atoms with van der Waals surface area (Å²) in [6.45, 7) is 3.14. The molecule has 0 unspecified atom stereocenters. The quantitative estimate of drug-likeness (QED) is 0.654. The summed E-state index contributed by atoms with van der Waals surface area (Å²) in [6.07, 6.45) is 1.36. The normalized spacial score (nSPS) is 11.4. The van der Waals surface area contributed by atoms with Gasteiger partial charge in [-0.1, -0.05) is 12.1 Å². The van der Waals surface area contributed by atoms with Crippen molar-refractivity contribution in [2.45, 2.75) is 0 Å². The van der Waals surface area contributed by atoms with E-state index in [0.717, 1.165) is 11.3 Å². The van der Waals surface area contributed by atoms with Crippen molar-refractivity contribution in [3.05, 3.63) is 42.6 Å². The minimum absolute atomic E-state index is 0.444. The summed E-state index contributed by atoms with van der Waals surface area (Å²) < 4.78 is 17.2. The van der Waals surface area contributed by atoms with E-state index < -0.39 is 5.83 Å². The molecule has 1 aromatic rings. The minimum atomic E-state index is -0.444. The molecule has 1 nitrogen and oxygen atoms in total. The van der Waals surface area contributed by atoms with E-state index in [4.69, 9.17) is 4.74 Å². The zero-order valence-corrected chi connectivity index (χ0v) is 6.88. The molecule has 0 N–H and O–H groups in total. The van der Waals surface area contributed by atoms with E-state index in [9.17, 15) is 4.39 Å². The predicted molar refractivity (Wildman–Crippen MR) is 47.4 cm³/mol. The second-order valence-electron chi connectivity index (χ2n) is 2.36. The molecule has 0 amide bonds. The largest absolute Gasteiger partial charge is 0.497 e. The Morgan fingerprint density at radius 1 is 1.42 bits per heavy atom. The van der Waals surface area contributed by atoms with Gasteiger partial charge in [-0.3, -0.25) is 0 Å². The molecule has 0 aliphatic heterocycles. The first-order valence-corrected chi connectivity index (χ1v) is 3.55. The van der Waals surface area contributed by atoms with Crippen molar-refractivity contribution in [2.24, 2.45) is 0 Å². The fraction of sp³-hybridized carbons (Fsp3) is 0.100. The van der Waals surface area contributed by atoms with Crippen molar-refractivity contribution in [2.75, 3.05) is 7.11 Å². The Morgan fingerprint density at radius 3 is 2.42 bits per heavy atom. The Balaban J connectivity index is 2.85. The topological polar surface area (TPSA) is 9.23 Å². The van der Waals surface area contributed by atoms with Crippen LogP contribution in [0.1, 0.15) is 5.56 Å². The Labute approximate surface area is 71.5 Å². The van der Waals surface area contributed by atoms with Crippen LogP contribution in [0.3, 0.4) is 0 Å². The standard InChI is InChI=1S/C10H10FO/c1-8(11)7-9-3-5-10(12-2)6-4-9/h3-7H,1H2,2H3. The smallest absolute Gasteiger partial charge is 0.118 e. The van der Waals surface area contributed by atoms with Crippen LogP contribution in [0.4, 0.5) is 4.39 Å². The second kappa shape index (κ2) is 3.90. The van der Waals surface area contributed by atoms with Crippen LogP contribution in [0.5, 0.6) is 5.75 Å². The summed E-state index contributed by atoms with van der Waals surface area (Å²) in [5.41, 5.74) is 0.781. The lowest BCUT2D eigenvalue weighted by molar-refractivity contribution is 0.415. The molecule has 1 radical (unpaired) electrons. The maximum Gasteiger partial charge on any atom is 0.118 e. The van der Waals surface area contributed by atoms with E-state index in [2.05, 4.69) is 6.92 Å². The molecule has 12 heavy (non-hydrogen) atoms. The third kappa shape index (κ3) is 2.38. The van der Waals surface area contributed by atoms with Crippen LogP contribution in [-0.2, 0) is 0 Å². The zero-order valence-electron chi connectivity index (χ0n) is 6.88. The van der Waals surface area contributed by atoms with Crippen molar-refractivity contribution in [1.29, 1.82) is 0 Å². The molecule has 0 aliphatic rings. The lowest BCUT2D eigenvalue weighted by atomic mass is 10.2. The number of ether oxygens (including phenoxy) is 1. The van der Waals surface area contributed by atoms with E-state index >= 15 is 0 Å². The van der Waals surface area contributed by atoms with Crippen LogP contribution in [0.2, 0.25) is 0 Å². The molecule has 0 saturated carbocycles. The van der Waals surface area contributed by atoms with E-state index in [1.165, 1.54) is 6.08 Å². The van der Waals surface area contributed by atoms with Gasteiger partial charge in [0.1, 0.15) is 11.6 Å². The maximum absolute atomic E-state index is 12.3. The van der Waals surface area contributed by atoms with Gasteiger partial charge in [0.25, 0.3) is 0 Å². The Kier molecular flexibility index (Phi) is 2.86. The molecular formula is C10H10FO. The highest BCUT2D eigenvalue weighted by molar-refractivity contribution is 5.52. The average Bonchev–Trinajstić information content (AvgIpc) is 2.05. The van der Waals surface area contributed by atoms with Gasteiger partial charge >= 0.3 is 0 Å². The van der Waals surface area contributed by atoms with Crippen molar-refractivity contribution in [1.82, 2.24) is 0 Å². The number of methoxy groups -OCH3 is 1. The predicted octanol–water partition coefficient (Wildman–Crippen LogP) is 2.84. The van der Waals surface area contributed by atoms with Gasteiger partial charge in [0, 0.05) is 6.92 Å². The van der Waals surface area contributed by atoms with Crippen LogP contribution in [0.25, 0.3) is 6.08 Å². The summed E-state index contributed by atoms with van der Waals surface area (Å²) in [5, 5.41) is 0. The van der Waals surface area contributed by atoms with Gasteiger partial charge in [-0.2, -0.15) is 0 Å². The summed E-state index contributed by atoms with van der Waals surface area (Å²) >= 11 is 0. The van der Waals surface area contributed by atoms with Crippen LogP contribution >= 0.6 is 0 Å². The van der Waals surface area contributed by atoms with E-state index in [0.29, 0.717) is 0 Å². The second-order valence-corrected chi connectivity index (χ2v) is 2.36. The third-order valence-corrected chi connectivity index (χ3v) is 1.44. The fourth-order valence-electron chi connectivity index (χ4n) is 0.881. The van der Waals surface area contributed by atoms with Crippen molar-refractivity contribution >= 4 is 6.08 Å². The fourth-order valence-corrected chi connectivity index (χ4v) is 0.881. The minimum Gasteiger partial charge on any atom is -0.497 e. The summed E-state index contributed by atoms with van der Waals surface area (Å²) in [5.74, 6) is 0.316. The van der Waals surface area contributed by atoms with Crippen LogP contribution in [-0.4, -0.2) is 7.11 Å². The van der Waals surface area contributed by atoms with Gasteiger partial charge in [-0.25, -0.2) is 4.39 Å². The SMILES string of the molecule is [CH2]C(F)=Cc1ccc(OC)cc1. The van der Waals surface area contributed by atoms with Gasteiger partial charge in [0.2, 0.25) is 0 Å². The molecule has 1 rings (SSSR count). The number of hydrogen-bond donors (Lipinski definition) is 0. The molecule has 0 saturated heterocycles. The van der Waals surface area contributed by atoms with E-state index in [1.807, 2.05) is 0 Å². The van der Waals surface area contributed by atoms with E-state index in [-0.39, 0.29) is 0 Å². The molecule has 0 spiro atoms. The van der Waals surface area contributed by atoms with Gasteiger partial charge in [0.05, 0.1) is 7.11 Å². The van der Waals surface area contributed by atoms with Gasteiger partial charge < -0.3 is 4.74 Å². The Morgan fingerprint density at radius 2 is 2.00 bits per heavy atom. The molecule has 0 fully saturated rings. The Bertz CT molecular complexity index is 270. The molecule has 0 aliphatic carbocycles. The van der Waals surface area contributed by atoms with Gasteiger partial charge in [-0.05, 0) is 23.8 Å². The summed E-state index contributed by atoms with van der Waals surface area (Å²) in [7, 11) is 1.59. The third-order valence-electron chi connectivity index (χ3n) is 1.44. The average molecular weight is 165 g/mol. The summed E-state index contributed by atoms with van der Waals surface area (Å²) in [6, 6.07) is 7.08. The first-order chi connectivity index (χ1) is 5.72. The molecule has 63 valence electrons. The van der Waals surface area contributed by atoms with E-state index in [1.54, 1.807) is 31.4 Å². The monoisotopic (exact) mass is 165 g/mol. The highest BCUT2D eigenvalue weighted by Crippen LogP contribution is 2.13.